The zero-order chi connectivity index (χ0) is 13.1. The SMILES string of the molecule is Cc1cc2c(NCCC(N)=O)nc(NN)nc2s1. The molecule has 96 valence electrons. The summed E-state index contributed by atoms with van der Waals surface area (Å²) in [5, 5.41) is 3.98. The predicted molar refractivity (Wildman–Crippen MR) is 72.3 cm³/mol. The highest BCUT2D eigenvalue weighted by atomic mass is 32.1. The molecule has 7 nitrogen and oxygen atoms in total. The number of carbonyl (C=O) groups excluding carboxylic acids is 1. The second kappa shape index (κ2) is 5.15. The standard InChI is InChI=1S/C10H14N6OS/c1-5-4-6-8(13-3-2-7(11)17)14-10(16-12)15-9(6)18-5/h4H,2-3,12H2,1H3,(H2,11,17)(H2,13,14,15,16). The van der Waals surface area contributed by atoms with E-state index in [0.29, 0.717) is 18.3 Å². The summed E-state index contributed by atoms with van der Waals surface area (Å²) >= 11 is 1.56. The molecule has 8 heteroatoms. The average molecular weight is 266 g/mol. The van der Waals surface area contributed by atoms with Crippen molar-refractivity contribution in [2.45, 2.75) is 13.3 Å². The summed E-state index contributed by atoms with van der Waals surface area (Å²) in [5.41, 5.74) is 7.51. The molecule has 0 aliphatic rings. The monoisotopic (exact) mass is 266 g/mol. The topological polar surface area (TPSA) is 119 Å². The van der Waals surface area contributed by atoms with Crippen LogP contribution in [0.1, 0.15) is 11.3 Å². The highest BCUT2D eigenvalue weighted by Gasteiger charge is 2.10. The van der Waals surface area contributed by atoms with Crippen LogP contribution in [0, 0.1) is 6.92 Å². The van der Waals surface area contributed by atoms with Crippen LogP contribution < -0.4 is 22.3 Å². The smallest absolute Gasteiger partial charge is 0.240 e. The van der Waals surface area contributed by atoms with E-state index in [0.717, 1.165) is 15.1 Å². The summed E-state index contributed by atoms with van der Waals surface area (Å²) in [7, 11) is 0. The van der Waals surface area contributed by atoms with Crippen molar-refractivity contribution in [3.05, 3.63) is 10.9 Å². The van der Waals surface area contributed by atoms with Gasteiger partial charge in [0.2, 0.25) is 11.9 Å². The van der Waals surface area contributed by atoms with Crippen LogP contribution in [-0.2, 0) is 4.79 Å². The number of amides is 1. The zero-order valence-corrected chi connectivity index (χ0v) is 10.7. The molecule has 2 aromatic heterocycles. The number of aromatic nitrogens is 2. The number of anilines is 2. The second-order valence-corrected chi connectivity index (χ2v) is 4.99. The van der Waals surface area contributed by atoms with Crippen molar-refractivity contribution < 1.29 is 4.79 Å². The van der Waals surface area contributed by atoms with Crippen molar-refractivity contribution in [2.24, 2.45) is 11.6 Å². The molecule has 0 saturated carbocycles. The minimum absolute atomic E-state index is 0.250. The number of hydrogen-bond donors (Lipinski definition) is 4. The molecule has 0 unspecified atom stereocenters. The van der Waals surface area contributed by atoms with Gasteiger partial charge in [0, 0.05) is 17.8 Å². The number of nitrogen functional groups attached to an aromatic ring is 1. The molecule has 2 aromatic rings. The van der Waals surface area contributed by atoms with Crippen molar-refractivity contribution >= 4 is 39.2 Å². The first-order valence-corrected chi connectivity index (χ1v) is 6.19. The zero-order valence-electron chi connectivity index (χ0n) is 9.86. The van der Waals surface area contributed by atoms with E-state index in [9.17, 15) is 4.79 Å². The summed E-state index contributed by atoms with van der Waals surface area (Å²) in [4.78, 5) is 21.2. The molecule has 0 radical (unpaired) electrons. The summed E-state index contributed by atoms with van der Waals surface area (Å²) in [6, 6.07) is 1.99. The number of nitrogens with one attached hydrogen (secondary N) is 2. The third-order valence-corrected chi connectivity index (χ3v) is 3.25. The molecule has 0 spiro atoms. The molecule has 18 heavy (non-hydrogen) atoms. The van der Waals surface area contributed by atoms with Gasteiger partial charge in [0.05, 0.1) is 5.39 Å². The summed E-state index contributed by atoms with van der Waals surface area (Å²) in [6.07, 6.45) is 0.250. The van der Waals surface area contributed by atoms with Crippen molar-refractivity contribution in [3.63, 3.8) is 0 Å². The third-order valence-electron chi connectivity index (χ3n) is 2.31. The number of primary amides is 1. The first kappa shape index (κ1) is 12.5. The van der Waals surface area contributed by atoms with E-state index < -0.39 is 0 Å². The van der Waals surface area contributed by atoms with Crippen LogP contribution in [0.5, 0.6) is 0 Å². The molecule has 0 aliphatic carbocycles. The number of thiophene rings is 1. The molecule has 0 atom stereocenters. The van der Waals surface area contributed by atoms with Crippen LogP contribution in [0.2, 0.25) is 0 Å². The summed E-state index contributed by atoms with van der Waals surface area (Å²) in [5.74, 6) is 5.96. The fraction of sp³-hybridized carbons (Fsp3) is 0.300. The minimum Gasteiger partial charge on any atom is -0.370 e. The lowest BCUT2D eigenvalue weighted by Gasteiger charge is -2.07. The fourth-order valence-electron chi connectivity index (χ4n) is 1.55. The first-order chi connectivity index (χ1) is 8.60. The molecular weight excluding hydrogens is 252 g/mol. The van der Waals surface area contributed by atoms with Crippen molar-refractivity contribution in [2.75, 3.05) is 17.3 Å². The Kier molecular flexibility index (Phi) is 3.58. The Hall–Kier alpha value is -1.93. The third kappa shape index (κ3) is 2.66. The molecule has 0 fully saturated rings. The Balaban J connectivity index is 2.31. The van der Waals surface area contributed by atoms with Gasteiger partial charge in [-0.3, -0.25) is 10.2 Å². The maximum atomic E-state index is 10.7. The van der Waals surface area contributed by atoms with Gasteiger partial charge in [0.25, 0.3) is 0 Å². The summed E-state index contributed by atoms with van der Waals surface area (Å²) < 4.78 is 0. The lowest BCUT2D eigenvalue weighted by Crippen LogP contribution is -2.17. The van der Waals surface area contributed by atoms with E-state index in [1.165, 1.54) is 0 Å². The number of rotatable bonds is 5. The molecular formula is C10H14N6OS. The molecule has 0 aliphatic heterocycles. The van der Waals surface area contributed by atoms with Gasteiger partial charge in [0.1, 0.15) is 10.6 Å². The van der Waals surface area contributed by atoms with E-state index >= 15 is 0 Å². The van der Waals surface area contributed by atoms with Gasteiger partial charge in [-0.05, 0) is 13.0 Å². The Morgan fingerprint density at radius 1 is 1.50 bits per heavy atom. The number of nitrogens with two attached hydrogens (primary N) is 2. The Morgan fingerprint density at radius 2 is 2.28 bits per heavy atom. The molecule has 0 aromatic carbocycles. The first-order valence-electron chi connectivity index (χ1n) is 5.37. The number of hydrazine groups is 1. The highest BCUT2D eigenvalue weighted by Crippen LogP contribution is 2.29. The molecule has 0 bridgehead atoms. The minimum atomic E-state index is -0.355. The maximum absolute atomic E-state index is 10.7. The van der Waals surface area contributed by atoms with Gasteiger partial charge in [-0.25, -0.2) is 10.8 Å². The number of nitrogens with zero attached hydrogens (tertiary/aromatic N) is 2. The second-order valence-electron chi connectivity index (χ2n) is 3.76. The number of carbonyl (C=O) groups is 1. The fourth-order valence-corrected chi connectivity index (χ4v) is 2.42. The van der Waals surface area contributed by atoms with Gasteiger partial charge in [-0.1, -0.05) is 0 Å². The van der Waals surface area contributed by atoms with Gasteiger partial charge in [-0.2, -0.15) is 4.98 Å². The molecule has 1 amide bonds. The molecule has 0 saturated heterocycles. The van der Waals surface area contributed by atoms with Crippen LogP contribution in [0.25, 0.3) is 10.2 Å². The van der Waals surface area contributed by atoms with Gasteiger partial charge < -0.3 is 11.1 Å². The molecule has 2 heterocycles. The maximum Gasteiger partial charge on any atom is 0.240 e. The normalized spacial score (nSPS) is 10.6. The number of aryl methyl sites for hydroxylation is 1. The quantitative estimate of drug-likeness (QED) is 0.464. The lowest BCUT2D eigenvalue weighted by atomic mass is 10.3. The van der Waals surface area contributed by atoms with Gasteiger partial charge >= 0.3 is 0 Å². The number of fused-ring (bicyclic) bond motifs is 1. The van der Waals surface area contributed by atoms with E-state index in [2.05, 4.69) is 20.7 Å². The van der Waals surface area contributed by atoms with Crippen LogP contribution in [-0.4, -0.2) is 22.4 Å². The number of hydrogen-bond acceptors (Lipinski definition) is 7. The summed E-state index contributed by atoms with van der Waals surface area (Å²) in [6.45, 7) is 2.43. The predicted octanol–water partition coefficient (Wildman–Crippen LogP) is 0.573. The van der Waals surface area contributed by atoms with Crippen molar-refractivity contribution in [1.82, 2.24) is 9.97 Å². The van der Waals surface area contributed by atoms with Crippen LogP contribution in [0.15, 0.2) is 6.07 Å². The van der Waals surface area contributed by atoms with Crippen LogP contribution in [0.4, 0.5) is 11.8 Å². The van der Waals surface area contributed by atoms with E-state index in [4.69, 9.17) is 11.6 Å². The van der Waals surface area contributed by atoms with Crippen molar-refractivity contribution in [1.29, 1.82) is 0 Å². The Labute approximate surface area is 108 Å². The van der Waals surface area contributed by atoms with Crippen LogP contribution >= 0.6 is 11.3 Å². The van der Waals surface area contributed by atoms with E-state index in [1.807, 2.05) is 13.0 Å². The van der Waals surface area contributed by atoms with Crippen molar-refractivity contribution in [3.8, 4) is 0 Å². The highest BCUT2D eigenvalue weighted by molar-refractivity contribution is 7.18. The van der Waals surface area contributed by atoms with E-state index in [-0.39, 0.29) is 12.3 Å². The van der Waals surface area contributed by atoms with Gasteiger partial charge in [0.15, 0.2) is 0 Å². The lowest BCUT2D eigenvalue weighted by molar-refractivity contribution is -0.117. The Morgan fingerprint density at radius 3 is 2.94 bits per heavy atom. The van der Waals surface area contributed by atoms with Gasteiger partial charge in [-0.15, -0.1) is 11.3 Å². The largest absolute Gasteiger partial charge is 0.370 e. The average Bonchev–Trinajstić information content (AvgIpc) is 2.68. The molecule has 6 N–H and O–H groups in total. The van der Waals surface area contributed by atoms with Crippen LogP contribution in [0.3, 0.4) is 0 Å². The molecule has 2 rings (SSSR count). The Bertz CT molecular complexity index is 581. The van der Waals surface area contributed by atoms with E-state index in [1.54, 1.807) is 11.3 Å².